The molecule has 0 unspecified atom stereocenters. The van der Waals surface area contributed by atoms with Gasteiger partial charge in [-0.3, -0.25) is 0 Å². The molecule has 0 atom stereocenters. The molecular formula is C31H24N2. The topological polar surface area (TPSA) is 17.8 Å². The number of hydrogen-bond donors (Lipinski definition) is 0. The lowest BCUT2D eigenvalue weighted by Gasteiger charge is -2.14. The van der Waals surface area contributed by atoms with E-state index in [-0.39, 0.29) is 0 Å². The Morgan fingerprint density at radius 1 is 0.697 bits per heavy atom. The molecule has 2 aromatic heterocycles. The zero-order valence-electron chi connectivity index (χ0n) is 18.8. The minimum atomic E-state index is 1.02. The molecule has 4 aromatic carbocycles. The normalized spacial score (nSPS) is 12.6. The number of nitrogens with zero attached hydrogens (tertiary/aromatic N) is 2. The van der Waals surface area contributed by atoms with Crippen molar-refractivity contribution in [3.8, 4) is 5.69 Å². The van der Waals surface area contributed by atoms with Gasteiger partial charge in [0.2, 0.25) is 0 Å². The van der Waals surface area contributed by atoms with Gasteiger partial charge in [0.25, 0.3) is 0 Å². The van der Waals surface area contributed by atoms with Gasteiger partial charge in [0.05, 0.1) is 22.2 Å². The number of aromatic nitrogens is 2. The maximum atomic E-state index is 5.13. The molecule has 0 amide bonds. The molecule has 33 heavy (non-hydrogen) atoms. The molecule has 2 heterocycles. The highest BCUT2D eigenvalue weighted by Gasteiger charge is 2.19. The van der Waals surface area contributed by atoms with Crippen LogP contribution in [0, 0.1) is 0 Å². The minimum Gasteiger partial charge on any atom is -0.309 e. The third-order valence-corrected chi connectivity index (χ3v) is 6.44. The number of para-hydroxylation sites is 3. The number of allylic oxidation sites excluding steroid dienone is 4. The third kappa shape index (κ3) is 2.91. The lowest BCUT2D eigenvalue weighted by atomic mass is 9.97. The number of rotatable bonds is 3. The molecule has 6 aromatic rings. The van der Waals surface area contributed by atoms with Crippen molar-refractivity contribution < 1.29 is 0 Å². The Balaban J connectivity index is 1.93. The lowest BCUT2D eigenvalue weighted by molar-refractivity contribution is 1.19. The molecule has 0 aliphatic carbocycles. The fourth-order valence-electron chi connectivity index (χ4n) is 5.05. The van der Waals surface area contributed by atoms with Crippen LogP contribution in [0.4, 0.5) is 0 Å². The molecule has 2 heteroatoms. The van der Waals surface area contributed by atoms with Crippen LogP contribution >= 0.6 is 0 Å². The van der Waals surface area contributed by atoms with E-state index in [1.807, 2.05) is 0 Å². The second-order valence-corrected chi connectivity index (χ2v) is 8.29. The highest BCUT2D eigenvalue weighted by molar-refractivity contribution is 6.26. The van der Waals surface area contributed by atoms with Crippen molar-refractivity contribution in [2.45, 2.75) is 13.8 Å². The van der Waals surface area contributed by atoms with Gasteiger partial charge in [-0.1, -0.05) is 85.0 Å². The lowest BCUT2D eigenvalue weighted by Crippen LogP contribution is -1.97. The summed E-state index contributed by atoms with van der Waals surface area (Å²) in [5.41, 5.74) is 6.79. The monoisotopic (exact) mass is 424 g/mol. The fraction of sp³-hybridized carbons (Fsp3) is 0.0645. The smallest absolute Gasteiger partial charge is 0.0785 e. The number of hydrogen-bond acceptors (Lipinski definition) is 1. The molecule has 0 aliphatic rings. The summed E-state index contributed by atoms with van der Waals surface area (Å²) in [6.07, 6.45) is 6.37. The van der Waals surface area contributed by atoms with E-state index in [2.05, 4.69) is 128 Å². The van der Waals surface area contributed by atoms with Crippen molar-refractivity contribution in [3.63, 3.8) is 0 Å². The van der Waals surface area contributed by atoms with Gasteiger partial charge < -0.3 is 4.57 Å². The predicted molar refractivity (Wildman–Crippen MR) is 142 cm³/mol. The number of fused-ring (bicyclic) bond motifs is 7. The summed E-state index contributed by atoms with van der Waals surface area (Å²) in [6.45, 7) is 4.13. The Kier molecular flexibility index (Phi) is 4.58. The summed E-state index contributed by atoms with van der Waals surface area (Å²) in [4.78, 5) is 5.13. The van der Waals surface area contributed by atoms with Gasteiger partial charge in [-0.05, 0) is 43.7 Å². The van der Waals surface area contributed by atoms with Crippen LogP contribution in [0.1, 0.15) is 19.5 Å². The summed E-state index contributed by atoms with van der Waals surface area (Å²) in [5.74, 6) is 0. The first-order valence-corrected chi connectivity index (χ1v) is 11.4. The highest BCUT2D eigenvalue weighted by Crippen LogP contribution is 2.41. The SMILES string of the molecule is C/C=C\C(=C/C)c1nc2ccccc2c2c1ccc1c3ccccc3n(-c3ccccc3)c12. The van der Waals surface area contributed by atoms with Crippen LogP contribution in [-0.2, 0) is 0 Å². The second-order valence-electron chi connectivity index (χ2n) is 8.29. The third-order valence-electron chi connectivity index (χ3n) is 6.44. The van der Waals surface area contributed by atoms with Gasteiger partial charge in [-0.2, -0.15) is 0 Å². The second kappa shape index (κ2) is 7.75. The van der Waals surface area contributed by atoms with E-state index in [1.54, 1.807) is 0 Å². The van der Waals surface area contributed by atoms with E-state index < -0.39 is 0 Å². The van der Waals surface area contributed by atoms with Crippen LogP contribution in [-0.4, -0.2) is 9.55 Å². The molecule has 0 N–H and O–H groups in total. The van der Waals surface area contributed by atoms with Crippen molar-refractivity contribution in [3.05, 3.63) is 115 Å². The van der Waals surface area contributed by atoms with Gasteiger partial charge >= 0.3 is 0 Å². The minimum absolute atomic E-state index is 1.02. The summed E-state index contributed by atoms with van der Waals surface area (Å²) in [6, 6.07) is 32.4. The quantitative estimate of drug-likeness (QED) is 0.206. The maximum Gasteiger partial charge on any atom is 0.0785 e. The zero-order valence-corrected chi connectivity index (χ0v) is 18.8. The fourth-order valence-corrected chi connectivity index (χ4v) is 5.05. The Morgan fingerprint density at radius 2 is 1.39 bits per heavy atom. The number of benzene rings is 4. The molecule has 0 spiro atoms. The van der Waals surface area contributed by atoms with E-state index in [4.69, 9.17) is 4.98 Å². The van der Waals surface area contributed by atoms with E-state index in [1.165, 1.54) is 43.7 Å². The molecular weight excluding hydrogens is 400 g/mol. The van der Waals surface area contributed by atoms with Crippen molar-refractivity contribution >= 4 is 49.1 Å². The van der Waals surface area contributed by atoms with Crippen LogP contribution in [0.5, 0.6) is 0 Å². The maximum absolute atomic E-state index is 5.13. The largest absolute Gasteiger partial charge is 0.309 e. The molecule has 158 valence electrons. The average molecular weight is 425 g/mol. The van der Waals surface area contributed by atoms with Crippen LogP contribution in [0.25, 0.3) is 54.7 Å². The van der Waals surface area contributed by atoms with Gasteiger partial charge in [0, 0.05) is 32.6 Å². The van der Waals surface area contributed by atoms with Crippen molar-refractivity contribution in [1.82, 2.24) is 9.55 Å². The van der Waals surface area contributed by atoms with Gasteiger partial charge in [0.15, 0.2) is 0 Å². The average Bonchev–Trinajstić information content (AvgIpc) is 3.22. The van der Waals surface area contributed by atoms with Gasteiger partial charge in [-0.15, -0.1) is 0 Å². The van der Waals surface area contributed by atoms with E-state index in [0.29, 0.717) is 0 Å². The first-order chi connectivity index (χ1) is 16.3. The molecule has 2 nitrogen and oxygen atoms in total. The van der Waals surface area contributed by atoms with E-state index >= 15 is 0 Å². The Bertz CT molecular complexity index is 1720. The molecule has 0 aliphatic heterocycles. The van der Waals surface area contributed by atoms with Crippen LogP contribution < -0.4 is 0 Å². The van der Waals surface area contributed by atoms with Crippen LogP contribution in [0.2, 0.25) is 0 Å². The predicted octanol–water partition coefficient (Wildman–Crippen LogP) is 8.46. The summed E-state index contributed by atoms with van der Waals surface area (Å²) in [5, 5.41) is 6.12. The van der Waals surface area contributed by atoms with Gasteiger partial charge in [0.1, 0.15) is 0 Å². The van der Waals surface area contributed by atoms with Crippen molar-refractivity contribution in [2.75, 3.05) is 0 Å². The first-order valence-electron chi connectivity index (χ1n) is 11.4. The van der Waals surface area contributed by atoms with E-state index in [9.17, 15) is 0 Å². The Hall–Kier alpha value is -4.17. The summed E-state index contributed by atoms with van der Waals surface area (Å²) >= 11 is 0. The molecule has 0 saturated heterocycles. The van der Waals surface area contributed by atoms with Crippen molar-refractivity contribution in [2.24, 2.45) is 0 Å². The van der Waals surface area contributed by atoms with Crippen molar-refractivity contribution in [1.29, 1.82) is 0 Å². The molecule has 0 bridgehead atoms. The Labute approximate surface area is 193 Å². The highest BCUT2D eigenvalue weighted by atomic mass is 15.0. The van der Waals surface area contributed by atoms with Gasteiger partial charge in [-0.25, -0.2) is 4.98 Å². The zero-order chi connectivity index (χ0) is 22.4. The first kappa shape index (κ1) is 19.5. The Morgan fingerprint density at radius 3 is 2.18 bits per heavy atom. The van der Waals surface area contributed by atoms with E-state index in [0.717, 1.165) is 16.8 Å². The standard InChI is InChI=1S/C31H24N2/c1-3-12-21(4-2)30-26-20-19-24-23-15-9-11-18-28(23)33(22-13-6-5-7-14-22)31(24)29(26)25-16-8-10-17-27(25)32-30/h3-20H,1-2H3/b12-3-,21-4+. The molecule has 6 rings (SSSR count). The van der Waals surface area contributed by atoms with Crippen LogP contribution in [0.15, 0.2) is 109 Å². The molecule has 0 radical (unpaired) electrons. The summed E-state index contributed by atoms with van der Waals surface area (Å²) < 4.78 is 2.41. The molecule has 0 fully saturated rings. The van der Waals surface area contributed by atoms with Crippen LogP contribution in [0.3, 0.4) is 0 Å². The summed E-state index contributed by atoms with van der Waals surface area (Å²) in [7, 11) is 0. The molecule has 0 saturated carbocycles. The number of pyridine rings is 1.